The van der Waals surface area contributed by atoms with Crippen LogP contribution in [0.2, 0.25) is 10.0 Å². The van der Waals surface area contributed by atoms with E-state index in [1.165, 1.54) is 11.3 Å². The fourth-order valence-electron chi connectivity index (χ4n) is 5.03. The van der Waals surface area contributed by atoms with Crippen LogP contribution in [0.5, 0.6) is 0 Å². The number of aromatic nitrogens is 2. The molecule has 2 aromatic carbocycles. The maximum atomic E-state index is 13.1. The van der Waals surface area contributed by atoms with Crippen molar-refractivity contribution in [1.29, 1.82) is 0 Å². The van der Waals surface area contributed by atoms with Crippen molar-refractivity contribution in [2.75, 3.05) is 23.3 Å². The Labute approximate surface area is 257 Å². The first-order valence-electron chi connectivity index (χ1n) is 13.5. The number of fused-ring (bicyclic) bond motifs is 1. The summed E-state index contributed by atoms with van der Waals surface area (Å²) in [5.74, 6) is -1.28. The molecule has 1 amide bonds. The number of Topliss-reactive ketones (excluding diaryl/α,β-unsaturated/α-hetero) is 1. The lowest BCUT2D eigenvalue weighted by Gasteiger charge is -2.19. The van der Waals surface area contributed by atoms with E-state index in [1.54, 1.807) is 31.5 Å². The Morgan fingerprint density at radius 3 is 2.79 bits per heavy atom. The molecule has 5 rings (SSSR count). The van der Waals surface area contributed by atoms with Crippen LogP contribution in [0.4, 0.5) is 10.8 Å². The van der Waals surface area contributed by atoms with Crippen LogP contribution in [0.3, 0.4) is 0 Å². The summed E-state index contributed by atoms with van der Waals surface area (Å²) >= 11 is 14.5. The molecule has 3 heterocycles. The second-order valence-electron chi connectivity index (χ2n) is 10.3. The number of aliphatic carboxylic acids is 1. The first kappa shape index (κ1) is 30.0. The fraction of sp³-hybridized carbons (Fsp3) is 0.333. The van der Waals surface area contributed by atoms with Crippen LogP contribution in [0.25, 0.3) is 10.9 Å². The second-order valence-corrected chi connectivity index (χ2v) is 12.2. The summed E-state index contributed by atoms with van der Waals surface area (Å²) in [6, 6.07) is 10.8. The third-order valence-electron chi connectivity index (χ3n) is 7.28. The van der Waals surface area contributed by atoms with Gasteiger partial charge in [0, 0.05) is 59.8 Å². The number of carbonyl (C=O) groups excluding carboxylic acids is 2. The van der Waals surface area contributed by atoms with Gasteiger partial charge in [-0.05, 0) is 43.5 Å². The third-order valence-corrected chi connectivity index (χ3v) is 9.07. The fourth-order valence-corrected chi connectivity index (χ4v) is 6.44. The van der Waals surface area contributed by atoms with Crippen molar-refractivity contribution in [3.8, 4) is 0 Å². The van der Waals surface area contributed by atoms with Crippen molar-refractivity contribution in [1.82, 2.24) is 9.55 Å². The second kappa shape index (κ2) is 12.8. The van der Waals surface area contributed by atoms with Gasteiger partial charge in [-0.2, -0.15) is 0 Å². The lowest BCUT2D eigenvalue weighted by atomic mass is 10.0. The number of benzene rings is 2. The maximum Gasteiger partial charge on any atom is 0.303 e. The molecule has 9 nitrogen and oxygen atoms in total. The number of carboxylic acids is 1. The molecule has 2 atom stereocenters. The van der Waals surface area contributed by atoms with Gasteiger partial charge in [0.15, 0.2) is 10.9 Å². The van der Waals surface area contributed by atoms with E-state index in [4.69, 9.17) is 33.0 Å². The number of hydrogen-bond donors (Lipinski definition) is 2. The Bertz CT molecular complexity index is 1650. The van der Waals surface area contributed by atoms with Crippen LogP contribution in [-0.4, -0.2) is 57.6 Å². The smallest absolute Gasteiger partial charge is 0.303 e. The maximum absolute atomic E-state index is 13.1. The molecule has 12 heteroatoms. The molecule has 2 aromatic heterocycles. The van der Waals surface area contributed by atoms with Crippen molar-refractivity contribution < 1.29 is 24.2 Å². The highest BCUT2D eigenvalue weighted by Crippen LogP contribution is 2.32. The number of nitrogens with one attached hydrogen (secondary N) is 1. The van der Waals surface area contributed by atoms with Crippen molar-refractivity contribution >= 4 is 73.9 Å². The highest BCUT2D eigenvalue weighted by Gasteiger charge is 2.29. The molecule has 0 aliphatic carbocycles. The topological polar surface area (TPSA) is 114 Å². The minimum atomic E-state index is -0.832. The van der Waals surface area contributed by atoms with Gasteiger partial charge in [-0.25, -0.2) is 4.98 Å². The quantitative estimate of drug-likeness (QED) is 0.209. The van der Waals surface area contributed by atoms with E-state index in [9.17, 15) is 14.4 Å². The van der Waals surface area contributed by atoms with Gasteiger partial charge < -0.3 is 24.6 Å². The summed E-state index contributed by atoms with van der Waals surface area (Å²) in [7, 11) is 1.88. The standard InChI is InChI=1S/C30H30Cl2N4O5S/c1-17(41-19-9-10-36(15-19)30-33-14-20(42-30)7-8-28(38)39)27(37)12-18-11-24(32)25(13-23(18)31)34-29(40)22-16-35(2)26-6-4-3-5-21(22)26/h3-6,11,13-14,16-17,19H,7-10,12,15H2,1-2H3,(H,34,40)(H,38,39)/t17?,19-/m0/s1. The number of ketones is 1. The monoisotopic (exact) mass is 628 g/mol. The summed E-state index contributed by atoms with van der Waals surface area (Å²) in [4.78, 5) is 44.4. The lowest BCUT2D eigenvalue weighted by molar-refractivity contribution is -0.137. The van der Waals surface area contributed by atoms with Crippen LogP contribution in [0.15, 0.2) is 48.8 Å². The predicted octanol–water partition coefficient (Wildman–Crippen LogP) is 6.01. The lowest BCUT2D eigenvalue weighted by Crippen LogP contribution is -2.30. The van der Waals surface area contributed by atoms with Crippen LogP contribution in [-0.2, 0) is 34.2 Å². The van der Waals surface area contributed by atoms with E-state index in [0.29, 0.717) is 34.8 Å². The van der Waals surface area contributed by atoms with Gasteiger partial charge >= 0.3 is 5.97 Å². The van der Waals surface area contributed by atoms with E-state index in [2.05, 4.69) is 15.2 Å². The Hall–Kier alpha value is -3.44. The van der Waals surface area contributed by atoms with Crippen molar-refractivity contribution in [2.45, 2.75) is 44.8 Å². The van der Waals surface area contributed by atoms with Gasteiger partial charge in [0.05, 0.1) is 28.8 Å². The van der Waals surface area contributed by atoms with Crippen molar-refractivity contribution in [2.24, 2.45) is 7.05 Å². The molecular formula is C30H30Cl2N4O5S. The molecule has 0 bridgehead atoms. The van der Waals surface area contributed by atoms with Crippen molar-refractivity contribution in [3.63, 3.8) is 0 Å². The number of halogens is 2. The number of thiazole rings is 1. The molecule has 220 valence electrons. The van der Waals surface area contributed by atoms with Crippen LogP contribution < -0.4 is 10.2 Å². The Morgan fingerprint density at radius 2 is 2.00 bits per heavy atom. The van der Waals surface area contributed by atoms with Crippen LogP contribution in [0, 0.1) is 0 Å². The number of amides is 1. The van der Waals surface area contributed by atoms with Crippen LogP contribution in [0.1, 0.15) is 40.6 Å². The predicted molar refractivity (Wildman–Crippen MR) is 165 cm³/mol. The molecule has 1 aliphatic heterocycles. The van der Waals surface area contributed by atoms with Gasteiger partial charge in [0.25, 0.3) is 5.91 Å². The number of nitrogens with zero attached hydrogens (tertiary/aromatic N) is 3. The minimum absolute atomic E-state index is 0.0348. The molecule has 1 fully saturated rings. The number of anilines is 2. The number of carbonyl (C=O) groups is 3. The van der Waals surface area contributed by atoms with E-state index in [-0.39, 0.29) is 35.7 Å². The summed E-state index contributed by atoms with van der Waals surface area (Å²) in [5, 5.41) is 14.0. The van der Waals surface area contributed by atoms with Crippen molar-refractivity contribution in [3.05, 3.63) is 74.8 Å². The minimum Gasteiger partial charge on any atom is -0.481 e. The third kappa shape index (κ3) is 6.78. The van der Waals surface area contributed by atoms with Gasteiger partial charge in [0.2, 0.25) is 0 Å². The summed E-state index contributed by atoms with van der Waals surface area (Å²) < 4.78 is 7.98. The molecule has 1 unspecified atom stereocenters. The summed E-state index contributed by atoms with van der Waals surface area (Å²) in [6.45, 7) is 3.07. The number of ether oxygens (including phenoxy) is 1. The van der Waals surface area contributed by atoms with Gasteiger partial charge in [-0.1, -0.05) is 41.4 Å². The molecule has 0 radical (unpaired) electrons. The zero-order valence-electron chi connectivity index (χ0n) is 23.1. The average molecular weight is 630 g/mol. The SMILES string of the molecule is CC(O[C@H]1CCN(c2ncc(CCC(=O)O)s2)C1)C(=O)Cc1cc(Cl)c(NC(=O)c2cn(C)c3ccccc23)cc1Cl. The van der Waals surface area contributed by atoms with Gasteiger partial charge in [-0.15, -0.1) is 11.3 Å². The Kier molecular flexibility index (Phi) is 9.17. The van der Waals surface area contributed by atoms with Gasteiger partial charge in [-0.3, -0.25) is 14.4 Å². The zero-order valence-corrected chi connectivity index (χ0v) is 25.4. The highest BCUT2D eigenvalue weighted by molar-refractivity contribution is 7.15. The number of rotatable bonds is 11. The largest absolute Gasteiger partial charge is 0.481 e. The first-order valence-corrected chi connectivity index (χ1v) is 15.1. The molecule has 1 aliphatic rings. The number of hydrogen-bond acceptors (Lipinski definition) is 7. The highest BCUT2D eigenvalue weighted by atomic mass is 35.5. The molecule has 42 heavy (non-hydrogen) atoms. The van der Waals surface area contributed by atoms with E-state index in [0.717, 1.165) is 33.9 Å². The Morgan fingerprint density at radius 1 is 1.21 bits per heavy atom. The first-order chi connectivity index (χ1) is 20.1. The molecule has 0 spiro atoms. The van der Waals surface area contributed by atoms with Crippen LogP contribution >= 0.6 is 34.5 Å². The average Bonchev–Trinajstić information content (AvgIpc) is 3.69. The molecule has 2 N–H and O–H groups in total. The zero-order chi connectivity index (χ0) is 30.0. The Balaban J connectivity index is 1.17. The van der Waals surface area contributed by atoms with E-state index in [1.807, 2.05) is 35.9 Å². The number of carboxylic acid groups (broad SMARTS) is 1. The molecule has 1 saturated heterocycles. The van der Waals surface area contributed by atoms with E-state index >= 15 is 0 Å². The number of aryl methyl sites for hydroxylation is 2. The summed E-state index contributed by atoms with van der Waals surface area (Å²) in [5.41, 5.74) is 2.37. The molecule has 4 aromatic rings. The summed E-state index contributed by atoms with van der Waals surface area (Å²) in [6.07, 6.45) is 4.01. The molecule has 0 saturated carbocycles. The molecular weight excluding hydrogens is 599 g/mol. The normalized spacial score (nSPS) is 15.7. The van der Waals surface area contributed by atoms with E-state index < -0.39 is 12.1 Å². The van der Waals surface area contributed by atoms with Gasteiger partial charge in [0.1, 0.15) is 6.10 Å². The number of para-hydroxylation sites is 1.